The van der Waals surface area contributed by atoms with Crippen LogP contribution >= 0.6 is 0 Å². The second-order valence-corrected chi connectivity index (χ2v) is 7.48. The first-order valence-electron chi connectivity index (χ1n) is 10.0. The van der Waals surface area contributed by atoms with Crippen LogP contribution in [0.3, 0.4) is 0 Å². The van der Waals surface area contributed by atoms with E-state index in [4.69, 9.17) is 0 Å². The van der Waals surface area contributed by atoms with Gasteiger partial charge in [0.1, 0.15) is 0 Å². The Hall–Kier alpha value is -3.51. The average Bonchev–Trinajstić information content (AvgIpc) is 2.74. The molecule has 0 fully saturated rings. The lowest BCUT2D eigenvalue weighted by atomic mass is 10.1. The second kappa shape index (κ2) is 8.88. The van der Waals surface area contributed by atoms with Crippen molar-refractivity contribution >= 4 is 23.2 Å². The summed E-state index contributed by atoms with van der Waals surface area (Å²) in [7, 11) is 2.07. The van der Waals surface area contributed by atoms with Crippen LogP contribution in [0, 0.1) is 6.92 Å². The summed E-state index contributed by atoms with van der Waals surface area (Å²) in [5, 5.41) is 6.32. The summed E-state index contributed by atoms with van der Waals surface area (Å²) >= 11 is 0. The normalized spacial score (nSPS) is 16.0. The topological polar surface area (TPSA) is 70.1 Å². The highest BCUT2D eigenvalue weighted by Crippen LogP contribution is 2.25. The number of rotatable bonds is 0. The standard InChI is InChI=1S/C24H25N5O/c1-17-19-8-6-10-21(17)27-24-25-13-12-22(28-24)18-7-5-9-20(15-18)26-23(30)11-3-4-14-29(2)16-19/h3-10,12-13,15H,11,14,16H2,1-2H3,(H,26,30)(H,25,27,28)/b4-3+. The Labute approximate surface area is 176 Å². The van der Waals surface area contributed by atoms with Crippen molar-refractivity contribution in [2.45, 2.75) is 19.9 Å². The smallest absolute Gasteiger partial charge is 0.228 e. The Morgan fingerprint density at radius 3 is 2.80 bits per heavy atom. The molecular weight excluding hydrogens is 374 g/mol. The summed E-state index contributed by atoms with van der Waals surface area (Å²) in [6.45, 7) is 3.69. The zero-order valence-corrected chi connectivity index (χ0v) is 17.2. The fraction of sp³-hybridized carbons (Fsp3) is 0.208. The van der Waals surface area contributed by atoms with Crippen molar-refractivity contribution in [3.8, 4) is 11.3 Å². The Bertz CT molecular complexity index is 1090. The molecule has 0 unspecified atom stereocenters. The molecule has 2 N–H and O–H groups in total. The van der Waals surface area contributed by atoms with Crippen LogP contribution < -0.4 is 10.6 Å². The molecule has 0 atom stereocenters. The van der Waals surface area contributed by atoms with Crippen LogP contribution in [0.1, 0.15) is 17.5 Å². The Balaban J connectivity index is 1.73. The number of likely N-dealkylation sites (N-methyl/N-ethyl adjacent to an activating group) is 1. The molecule has 0 saturated carbocycles. The predicted molar refractivity (Wildman–Crippen MR) is 121 cm³/mol. The van der Waals surface area contributed by atoms with Crippen molar-refractivity contribution in [3.63, 3.8) is 0 Å². The molecule has 2 aromatic carbocycles. The van der Waals surface area contributed by atoms with E-state index in [-0.39, 0.29) is 5.91 Å². The second-order valence-electron chi connectivity index (χ2n) is 7.48. The number of amides is 1. The largest absolute Gasteiger partial charge is 0.326 e. The highest BCUT2D eigenvalue weighted by Gasteiger charge is 2.10. The van der Waals surface area contributed by atoms with E-state index in [2.05, 4.69) is 45.5 Å². The van der Waals surface area contributed by atoms with Crippen molar-refractivity contribution in [2.24, 2.45) is 0 Å². The molecule has 1 aliphatic heterocycles. The van der Waals surface area contributed by atoms with E-state index in [1.807, 2.05) is 54.6 Å². The maximum Gasteiger partial charge on any atom is 0.228 e. The van der Waals surface area contributed by atoms with Gasteiger partial charge in [0.05, 0.1) is 5.69 Å². The SMILES string of the molecule is Cc1c2cccc1Nc1nccc(n1)-c1cccc(c1)NC(=O)C/C=C/CN(C)C2. The first-order valence-corrected chi connectivity index (χ1v) is 10.0. The van der Waals surface area contributed by atoms with Crippen LogP contribution in [0.15, 0.2) is 66.9 Å². The molecule has 0 spiro atoms. The number of fused-ring (bicyclic) bond motifs is 7. The van der Waals surface area contributed by atoms with Crippen molar-refractivity contribution < 1.29 is 4.79 Å². The number of anilines is 3. The first-order chi connectivity index (χ1) is 14.6. The molecule has 0 saturated heterocycles. The Morgan fingerprint density at radius 1 is 1.03 bits per heavy atom. The quantitative estimate of drug-likeness (QED) is 0.544. The maximum atomic E-state index is 12.3. The number of carbonyl (C=O) groups is 1. The monoisotopic (exact) mass is 399 g/mol. The zero-order valence-electron chi connectivity index (χ0n) is 17.2. The van der Waals surface area contributed by atoms with E-state index in [0.29, 0.717) is 12.4 Å². The molecule has 3 aromatic rings. The van der Waals surface area contributed by atoms with Gasteiger partial charge in [-0.05, 0) is 49.4 Å². The minimum absolute atomic E-state index is 0.0410. The number of nitrogens with one attached hydrogen (secondary N) is 2. The van der Waals surface area contributed by atoms with Crippen molar-refractivity contribution in [3.05, 3.63) is 78.0 Å². The maximum absolute atomic E-state index is 12.3. The van der Waals surface area contributed by atoms with Gasteiger partial charge in [0.15, 0.2) is 0 Å². The fourth-order valence-electron chi connectivity index (χ4n) is 3.46. The highest BCUT2D eigenvalue weighted by molar-refractivity contribution is 5.92. The summed E-state index contributed by atoms with van der Waals surface area (Å²) in [4.78, 5) is 23.6. The summed E-state index contributed by atoms with van der Waals surface area (Å²) < 4.78 is 0. The van der Waals surface area contributed by atoms with Gasteiger partial charge in [-0.15, -0.1) is 0 Å². The molecule has 6 heteroatoms. The number of hydrogen-bond donors (Lipinski definition) is 2. The molecule has 4 rings (SSSR count). The molecule has 2 heterocycles. The lowest BCUT2D eigenvalue weighted by Crippen LogP contribution is -2.18. The van der Waals surface area contributed by atoms with Gasteiger partial charge in [-0.1, -0.05) is 36.4 Å². The van der Waals surface area contributed by atoms with E-state index >= 15 is 0 Å². The van der Waals surface area contributed by atoms with E-state index < -0.39 is 0 Å². The summed E-state index contributed by atoms with van der Waals surface area (Å²) in [6, 6.07) is 15.8. The number of benzene rings is 2. The van der Waals surface area contributed by atoms with Crippen LogP contribution in [0.4, 0.5) is 17.3 Å². The molecule has 6 bridgehead atoms. The third-order valence-corrected chi connectivity index (χ3v) is 5.12. The third kappa shape index (κ3) is 4.72. The molecule has 1 aromatic heterocycles. The van der Waals surface area contributed by atoms with Crippen LogP contribution in [0.5, 0.6) is 0 Å². The van der Waals surface area contributed by atoms with Crippen molar-refractivity contribution in [2.75, 3.05) is 24.2 Å². The average molecular weight is 399 g/mol. The van der Waals surface area contributed by atoms with Crippen LogP contribution in [0.2, 0.25) is 0 Å². The Morgan fingerprint density at radius 2 is 1.90 bits per heavy atom. The lowest BCUT2D eigenvalue weighted by molar-refractivity contribution is -0.115. The Kier molecular flexibility index (Phi) is 5.86. The summed E-state index contributed by atoms with van der Waals surface area (Å²) in [6.07, 6.45) is 6.04. The molecular formula is C24H25N5O. The molecule has 0 aliphatic carbocycles. The van der Waals surface area contributed by atoms with Crippen LogP contribution in [-0.4, -0.2) is 34.4 Å². The zero-order chi connectivity index (χ0) is 20.9. The van der Waals surface area contributed by atoms with Gasteiger partial charge in [0, 0.05) is 42.6 Å². The summed E-state index contributed by atoms with van der Waals surface area (Å²) in [5.41, 5.74) is 5.86. The molecule has 30 heavy (non-hydrogen) atoms. The van der Waals surface area contributed by atoms with Gasteiger partial charge < -0.3 is 10.6 Å². The lowest BCUT2D eigenvalue weighted by Gasteiger charge is -2.18. The van der Waals surface area contributed by atoms with E-state index in [9.17, 15) is 4.79 Å². The molecule has 0 radical (unpaired) electrons. The van der Waals surface area contributed by atoms with Gasteiger partial charge >= 0.3 is 0 Å². The van der Waals surface area contributed by atoms with E-state index in [1.54, 1.807) is 6.20 Å². The van der Waals surface area contributed by atoms with Crippen LogP contribution in [0.25, 0.3) is 11.3 Å². The van der Waals surface area contributed by atoms with Crippen LogP contribution in [-0.2, 0) is 11.3 Å². The fourth-order valence-corrected chi connectivity index (χ4v) is 3.46. The van der Waals surface area contributed by atoms with Crippen molar-refractivity contribution in [1.82, 2.24) is 14.9 Å². The molecule has 1 aliphatic rings. The molecule has 1 amide bonds. The van der Waals surface area contributed by atoms with E-state index in [1.165, 1.54) is 11.1 Å². The van der Waals surface area contributed by atoms with Gasteiger partial charge in [-0.2, -0.15) is 0 Å². The number of aromatic nitrogens is 2. The minimum Gasteiger partial charge on any atom is -0.326 e. The van der Waals surface area contributed by atoms with E-state index in [0.717, 1.165) is 35.7 Å². The molecule has 6 nitrogen and oxygen atoms in total. The third-order valence-electron chi connectivity index (χ3n) is 5.12. The first kappa shape index (κ1) is 19.8. The number of nitrogens with zero attached hydrogens (tertiary/aromatic N) is 3. The van der Waals surface area contributed by atoms with Gasteiger partial charge in [0.2, 0.25) is 11.9 Å². The highest BCUT2D eigenvalue weighted by atomic mass is 16.1. The molecule has 152 valence electrons. The van der Waals surface area contributed by atoms with Gasteiger partial charge in [0.25, 0.3) is 0 Å². The van der Waals surface area contributed by atoms with Crippen molar-refractivity contribution in [1.29, 1.82) is 0 Å². The minimum atomic E-state index is -0.0410. The van der Waals surface area contributed by atoms with Gasteiger partial charge in [-0.25, -0.2) is 9.97 Å². The van der Waals surface area contributed by atoms with Gasteiger partial charge in [-0.3, -0.25) is 9.69 Å². The predicted octanol–water partition coefficient (Wildman–Crippen LogP) is 4.53. The number of carbonyl (C=O) groups excluding carboxylic acids is 1. The number of hydrogen-bond acceptors (Lipinski definition) is 5. The summed E-state index contributed by atoms with van der Waals surface area (Å²) in [5.74, 6) is 0.500.